The summed E-state index contributed by atoms with van der Waals surface area (Å²) >= 11 is 5.88. The van der Waals surface area contributed by atoms with E-state index in [0.29, 0.717) is 17.6 Å². The van der Waals surface area contributed by atoms with Crippen molar-refractivity contribution in [2.45, 2.75) is 13.8 Å². The molecule has 0 amide bonds. The first-order valence-electron chi connectivity index (χ1n) is 4.00. The molecule has 1 rings (SSSR count). The highest BCUT2D eigenvalue weighted by atomic mass is 35.5. The van der Waals surface area contributed by atoms with E-state index in [1.807, 2.05) is 13.8 Å². The van der Waals surface area contributed by atoms with Crippen molar-refractivity contribution in [3.8, 4) is 0 Å². The second-order valence-electron chi connectivity index (χ2n) is 2.72. The summed E-state index contributed by atoms with van der Waals surface area (Å²) in [7, 11) is 0. The molecule has 1 aromatic rings. The number of halogens is 1. The largest absolute Gasteiger partial charge is 0.351 e. The van der Waals surface area contributed by atoms with E-state index < -0.39 is 0 Å². The Morgan fingerprint density at radius 2 is 2.15 bits per heavy atom. The van der Waals surface area contributed by atoms with Crippen molar-refractivity contribution in [3.05, 3.63) is 29.1 Å². The highest BCUT2D eigenvalue weighted by Gasteiger charge is 2.04. The first-order valence-corrected chi connectivity index (χ1v) is 4.38. The Kier molecular flexibility index (Phi) is 3.25. The Hall–Kier alpha value is -1.09. The van der Waals surface area contributed by atoms with E-state index in [1.54, 1.807) is 6.08 Å². The molecule has 1 N–H and O–H groups in total. The lowest BCUT2D eigenvalue weighted by Crippen LogP contribution is -2.05. The normalized spacial score (nSPS) is 9.77. The van der Waals surface area contributed by atoms with Gasteiger partial charge in [0.1, 0.15) is 5.15 Å². The van der Waals surface area contributed by atoms with Gasteiger partial charge in [-0.3, -0.25) is 0 Å². The van der Waals surface area contributed by atoms with Gasteiger partial charge in [-0.15, -0.1) is 6.58 Å². The molecule has 0 aliphatic heterocycles. The predicted octanol–water partition coefficient (Wildman–Crippen LogP) is 2.34. The lowest BCUT2D eigenvalue weighted by Gasteiger charge is -2.05. The Morgan fingerprint density at radius 3 is 2.69 bits per heavy atom. The van der Waals surface area contributed by atoms with Crippen LogP contribution in [0.25, 0.3) is 0 Å². The second-order valence-corrected chi connectivity index (χ2v) is 3.08. The molecule has 0 aliphatic rings. The summed E-state index contributed by atoms with van der Waals surface area (Å²) in [6.07, 6.45) is 1.74. The standard InChI is InChI=1S/C9H12ClN3/c1-4-5-11-9-12-7(3)6(2)8(10)13-9/h4H,1,5H2,2-3H3,(H,11,12,13). The molecule has 1 aromatic heterocycles. The summed E-state index contributed by atoms with van der Waals surface area (Å²) in [6.45, 7) is 8.03. The van der Waals surface area contributed by atoms with Gasteiger partial charge in [0.2, 0.25) is 5.95 Å². The lowest BCUT2D eigenvalue weighted by atomic mass is 10.3. The van der Waals surface area contributed by atoms with Crippen molar-refractivity contribution in [2.24, 2.45) is 0 Å². The van der Waals surface area contributed by atoms with E-state index in [0.717, 1.165) is 11.3 Å². The van der Waals surface area contributed by atoms with E-state index in [1.165, 1.54) is 0 Å². The van der Waals surface area contributed by atoms with Gasteiger partial charge < -0.3 is 5.32 Å². The lowest BCUT2D eigenvalue weighted by molar-refractivity contribution is 1.05. The maximum atomic E-state index is 5.88. The van der Waals surface area contributed by atoms with E-state index in [-0.39, 0.29) is 0 Å². The van der Waals surface area contributed by atoms with Gasteiger partial charge in [0, 0.05) is 17.8 Å². The fraction of sp³-hybridized carbons (Fsp3) is 0.333. The zero-order chi connectivity index (χ0) is 9.84. The number of hydrogen-bond acceptors (Lipinski definition) is 3. The van der Waals surface area contributed by atoms with Crippen LogP contribution in [0, 0.1) is 13.8 Å². The molecular formula is C9H12ClN3. The van der Waals surface area contributed by atoms with Crippen LogP contribution in [-0.4, -0.2) is 16.5 Å². The van der Waals surface area contributed by atoms with Gasteiger partial charge >= 0.3 is 0 Å². The maximum absolute atomic E-state index is 5.88. The van der Waals surface area contributed by atoms with Crippen molar-refractivity contribution < 1.29 is 0 Å². The highest BCUT2D eigenvalue weighted by molar-refractivity contribution is 6.30. The molecule has 0 saturated carbocycles. The van der Waals surface area contributed by atoms with E-state index in [9.17, 15) is 0 Å². The number of anilines is 1. The van der Waals surface area contributed by atoms with Crippen LogP contribution >= 0.6 is 11.6 Å². The van der Waals surface area contributed by atoms with Crippen molar-refractivity contribution in [1.29, 1.82) is 0 Å². The Bertz CT molecular complexity index is 300. The third-order valence-electron chi connectivity index (χ3n) is 1.73. The Balaban J connectivity index is 2.92. The van der Waals surface area contributed by atoms with Crippen molar-refractivity contribution >= 4 is 17.5 Å². The molecule has 0 atom stereocenters. The van der Waals surface area contributed by atoms with Crippen LogP contribution < -0.4 is 5.32 Å². The Labute approximate surface area is 82.9 Å². The molecule has 0 aliphatic carbocycles. The van der Waals surface area contributed by atoms with Gasteiger partial charge in [0.15, 0.2) is 0 Å². The SMILES string of the molecule is C=CCNc1nc(C)c(C)c(Cl)n1. The molecule has 3 nitrogen and oxygen atoms in total. The zero-order valence-electron chi connectivity index (χ0n) is 7.76. The van der Waals surface area contributed by atoms with Crippen LogP contribution in [0.1, 0.15) is 11.3 Å². The summed E-state index contributed by atoms with van der Waals surface area (Å²) in [6, 6.07) is 0. The minimum atomic E-state index is 0.499. The fourth-order valence-corrected chi connectivity index (χ4v) is 1.05. The molecule has 0 radical (unpaired) electrons. The molecule has 0 spiro atoms. The van der Waals surface area contributed by atoms with Crippen LogP contribution in [0.15, 0.2) is 12.7 Å². The van der Waals surface area contributed by atoms with Crippen LogP contribution in [0.2, 0.25) is 5.15 Å². The second kappa shape index (κ2) is 4.23. The average molecular weight is 198 g/mol. The quantitative estimate of drug-likeness (QED) is 0.597. The maximum Gasteiger partial charge on any atom is 0.224 e. The predicted molar refractivity (Wildman–Crippen MR) is 55.2 cm³/mol. The van der Waals surface area contributed by atoms with Crippen molar-refractivity contribution in [3.63, 3.8) is 0 Å². The zero-order valence-corrected chi connectivity index (χ0v) is 8.52. The third-order valence-corrected chi connectivity index (χ3v) is 2.10. The van der Waals surface area contributed by atoms with Gasteiger partial charge in [0.05, 0.1) is 0 Å². The monoisotopic (exact) mass is 197 g/mol. The molecule has 0 unspecified atom stereocenters. The first-order chi connectivity index (χ1) is 6.15. The number of aromatic nitrogens is 2. The molecule has 13 heavy (non-hydrogen) atoms. The van der Waals surface area contributed by atoms with Crippen molar-refractivity contribution in [2.75, 3.05) is 11.9 Å². The minimum Gasteiger partial charge on any atom is -0.351 e. The number of aryl methyl sites for hydroxylation is 1. The third kappa shape index (κ3) is 2.42. The number of nitrogens with one attached hydrogen (secondary N) is 1. The Morgan fingerprint density at radius 1 is 1.46 bits per heavy atom. The van der Waals surface area contributed by atoms with E-state index in [2.05, 4.69) is 21.9 Å². The number of rotatable bonds is 3. The smallest absolute Gasteiger partial charge is 0.224 e. The van der Waals surface area contributed by atoms with Gasteiger partial charge in [-0.05, 0) is 13.8 Å². The van der Waals surface area contributed by atoms with E-state index >= 15 is 0 Å². The summed E-state index contributed by atoms with van der Waals surface area (Å²) in [4.78, 5) is 8.28. The highest BCUT2D eigenvalue weighted by Crippen LogP contribution is 2.16. The first kappa shape index (κ1) is 9.99. The number of hydrogen-bond donors (Lipinski definition) is 1. The summed E-state index contributed by atoms with van der Waals surface area (Å²) < 4.78 is 0. The molecule has 0 aromatic carbocycles. The average Bonchev–Trinajstić information content (AvgIpc) is 2.10. The summed E-state index contributed by atoms with van der Waals surface area (Å²) in [5, 5.41) is 3.48. The molecular weight excluding hydrogens is 186 g/mol. The van der Waals surface area contributed by atoms with Crippen LogP contribution in [-0.2, 0) is 0 Å². The summed E-state index contributed by atoms with van der Waals surface area (Å²) in [5.74, 6) is 0.549. The molecule has 70 valence electrons. The van der Waals surface area contributed by atoms with Gasteiger partial charge in [0.25, 0.3) is 0 Å². The topological polar surface area (TPSA) is 37.8 Å². The minimum absolute atomic E-state index is 0.499. The molecule has 1 heterocycles. The van der Waals surface area contributed by atoms with Gasteiger partial charge in [-0.25, -0.2) is 9.97 Å². The molecule has 0 bridgehead atoms. The summed E-state index contributed by atoms with van der Waals surface area (Å²) in [5.41, 5.74) is 1.82. The number of nitrogens with zero attached hydrogens (tertiary/aromatic N) is 2. The van der Waals surface area contributed by atoms with Crippen molar-refractivity contribution in [1.82, 2.24) is 9.97 Å². The molecule has 0 saturated heterocycles. The van der Waals surface area contributed by atoms with Gasteiger partial charge in [-0.1, -0.05) is 17.7 Å². The van der Waals surface area contributed by atoms with Crippen LogP contribution in [0.4, 0.5) is 5.95 Å². The van der Waals surface area contributed by atoms with E-state index in [4.69, 9.17) is 11.6 Å². The van der Waals surface area contributed by atoms with Crippen LogP contribution in [0.3, 0.4) is 0 Å². The molecule has 0 fully saturated rings. The van der Waals surface area contributed by atoms with Gasteiger partial charge in [-0.2, -0.15) is 0 Å². The van der Waals surface area contributed by atoms with Crippen LogP contribution in [0.5, 0.6) is 0 Å². The molecule has 4 heteroatoms. The fourth-order valence-electron chi connectivity index (χ4n) is 0.836.